The smallest absolute Gasteiger partial charge is 0.449 e. The molecule has 3 aromatic rings. The lowest BCUT2D eigenvalue weighted by molar-refractivity contribution is 0.00578. The summed E-state index contributed by atoms with van der Waals surface area (Å²) in [5.74, 6) is -2.44. The number of alkyl carbamates (subject to hydrolysis) is 1. The summed E-state index contributed by atoms with van der Waals surface area (Å²) < 4.78 is 46.9. The van der Waals surface area contributed by atoms with Crippen molar-refractivity contribution >= 4 is 25.1 Å². The first-order valence-electron chi connectivity index (χ1n) is 13.5. The molecule has 2 aliphatic rings. The third kappa shape index (κ3) is 5.56. The Labute approximate surface area is 238 Å². The summed E-state index contributed by atoms with van der Waals surface area (Å²) in [6, 6.07) is 17.9. The maximum Gasteiger partial charge on any atom is 0.492 e. The van der Waals surface area contributed by atoms with E-state index >= 15 is 0 Å². The molecular formula is C32H32BF2NO5. The van der Waals surface area contributed by atoms with Crippen LogP contribution in [0.1, 0.15) is 67.6 Å². The Morgan fingerprint density at radius 3 is 2.05 bits per heavy atom. The molecule has 0 saturated carbocycles. The van der Waals surface area contributed by atoms with E-state index in [4.69, 9.17) is 14.0 Å². The molecular weight excluding hydrogens is 527 g/mol. The fraction of sp³-hybridized carbons (Fsp3) is 0.312. The molecule has 9 heteroatoms. The average molecular weight is 559 g/mol. The van der Waals surface area contributed by atoms with Crippen LogP contribution in [0.5, 0.6) is 0 Å². The number of Topliss-reactive ketones (excluding diaryl/α,β-unsaturated/α-hetero) is 1. The highest BCUT2D eigenvalue weighted by molar-refractivity contribution is 6.56. The van der Waals surface area contributed by atoms with Gasteiger partial charge in [0, 0.05) is 24.1 Å². The number of hydrogen-bond acceptors (Lipinski definition) is 5. The van der Waals surface area contributed by atoms with Crippen LogP contribution in [0.4, 0.5) is 13.6 Å². The Hall–Kier alpha value is -3.82. The molecule has 1 N–H and O–H groups in total. The van der Waals surface area contributed by atoms with E-state index in [1.807, 2.05) is 64.1 Å². The summed E-state index contributed by atoms with van der Waals surface area (Å²) in [4.78, 5) is 24.8. The Balaban J connectivity index is 1.35. The van der Waals surface area contributed by atoms with Crippen molar-refractivity contribution in [3.05, 3.63) is 100 Å². The zero-order chi connectivity index (χ0) is 29.5. The monoisotopic (exact) mass is 559 g/mol. The second kappa shape index (κ2) is 10.9. The lowest BCUT2D eigenvalue weighted by Gasteiger charge is -2.32. The number of amides is 1. The van der Waals surface area contributed by atoms with Gasteiger partial charge in [-0.3, -0.25) is 4.79 Å². The molecule has 212 valence electrons. The molecule has 0 radical (unpaired) electrons. The molecule has 1 amide bonds. The van der Waals surface area contributed by atoms with Crippen molar-refractivity contribution in [2.45, 2.75) is 51.7 Å². The van der Waals surface area contributed by atoms with Crippen LogP contribution < -0.4 is 5.32 Å². The van der Waals surface area contributed by atoms with E-state index in [1.165, 1.54) is 13.0 Å². The molecule has 6 nitrogen and oxygen atoms in total. The molecule has 0 bridgehead atoms. The minimum atomic E-state index is -0.943. The lowest BCUT2D eigenvalue weighted by Crippen LogP contribution is -2.41. The van der Waals surface area contributed by atoms with Gasteiger partial charge in [-0.05, 0) is 68.4 Å². The second-order valence-electron chi connectivity index (χ2n) is 11.4. The van der Waals surface area contributed by atoms with Gasteiger partial charge in [0.25, 0.3) is 0 Å². The van der Waals surface area contributed by atoms with Crippen molar-refractivity contribution in [3.8, 4) is 11.1 Å². The molecule has 1 heterocycles. The number of ether oxygens (including phenoxy) is 1. The Kier molecular flexibility index (Phi) is 7.61. The van der Waals surface area contributed by atoms with Gasteiger partial charge < -0.3 is 19.4 Å². The minimum absolute atomic E-state index is 0.0318. The van der Waals surface area contributed by atoms with E-state index in [-0.39, 0.29) is 30.2 Å². The van der Waals surface area contributed by atoms with Crippen LogP contribution in [0, 0.1) is 11.6 Å². The number of nitrogens with one attached hydrogen (secondary N) is 1. The number of carbonyl (C=O) groups is 2. The highest BCUT2D eigenvalue weighted by Crippen LogP contribution is 2.44. The van der Waals surface area contributed by atoms with Crippen LogP contribution in [0.25, 0.3) is 17.2 Å². The second-order valence-corrected chi connectivity index (χ2v) is 11.4. The van der Waals surface area contributed by atoms with Crippen LogP contribution in [0.15, 0.2) is 66.1 Å². The molecule has 5 rings (SSSR count). The number of hydrogen-bond donors (Lipinski definition) is 1. The molecule has 0 aromatic heterocycles. The van der Waals surface area contributed by atoms with Crippen molar-refractivity contribution in [3.63, 3.8) is 0 Å². The maximum atomic E-state index is 14.8. The molecule has 0 spiro atoms. The van der Waals surface area contributed by atoms with Crippen LogP contribution in [-0.2, 0) is 14.0 Å². The molecule has 1 saturated heterocycles. The van der Waals surface area contributed by atoms with Gasteiger partial charge in [-0.15, -0.1) is 0 Å². The molecule has 1 aliphatic carbocycles. The zero-order valence-corrected chi connectivity index (χ0v) is 23.7. The highest BCUT2D eigenvalue weighted by atomic mass is 19.1. The molecule has 1 aliphatic heterocycles. The summed E-state index contributed by atoms with van der Waals surface area (Å²) in [6.45, 7) is 8.72. The van der Waals surface area contributed by atoms with Crippen molar-refractivity contribution < 1.29 is 32.4 Å². The van der Waals surface area contributed by atoms with E-state index < -0.39 is 41.8 Å². The van der Waals surface area contributed by atoms with Gasteiger partial charge in [0.15, 0.2) is 5.78 Å². The van der Waals surface area contributed by atoms with E-state index in [0.717, 1.165) is 28.3 Å². The number of halogens is 2. The third-order valence-electron chi connectivity index (χ3n) is 8.14. The van der Waals surface area contributed by atoms with E-state index in [2.05, 4.69) is 17.4 Å². The van der Waals surface area contributed by atoms with Crippen molar-refractivity contribution in [2.75, 3.05) is 13.2 Å². The number of carbonyl (C=O) groups excluding carboxylic acids is 2. The van der Waals surface area contributed by atoms with Gasteiger partial charge in [-0.25, -0.2) is 13.6 Å². The Morgan fingerprint density at radius 2 is 1.49 bits per heavy atom. The van der Waals surface area contributed by atoms with Crippen LogP contribution in [-0.4, -0.2) is 43.3 Å². The first-order chi connectivity index (χ1) is 19.4. The summed E-state index contributed by atoms with van der Waals surface area (Å²) in [6.07, 6.45) is 0.742. The van der Waals surface area contributed by atoms with Crippen molar-refractivity contribution in [1.29, 1.82) is 0 Å². The largest absolute Gasteiger partial charge is 0.492 e. The van der Waals surface area contributed by atoms with Gasteiger partial charge >= 0.3 is 13.2 Å². The fourth-order valence-electron chi connectivity index (χ4n) is 5.17. The van der Waals surface area contributed by atoms with Gasteiger partial charge in [0.1, 0.15) is 18.2 Å². The summed E-state index contributed by atoms with van der Waals surface area (Å²) in [5.41, 5.74) is 3.12. The van der Waals surface area contributed by atoms with Crippen LogP contribution >= 0.6 is 0 Å². The quantitative estimate of drug-likeness (QED) is 0.257. The molecule has 3 aromatic carbocycles. The summed E-state index contributed by atoms with van der Waals surface area (Å²) >= 11 is 0. The number of ketones is 1. The van der Waals surface area contributed by atoms with E-state index in [1.54, 1.807) is 0 Å². The van der Waals surface area contributed by atoms with Gasteiger partial charge in [-0.1, -0.05) is 54.6 Å². The highest BCUT2D eigenvalue weighted by Gasteiger charge is 2.52. The first kappa shape index (κ1) is 28.7. The van der Waals surface area contributed by atoms with E-state index in [0.29, 0.717) is 11.5 Å². The normalized spacial score (nSPS) is 17.2. The van der Waals surface area contributed by atoms with E-state index in [9.17, 15) is 18.4 Å². The van der Waals surface area contributed by atoms with Gasteiger partial charge in [0.05, 0.1) is 16.8 Å². The van der Waals surface area contributed by atoms with Crippen molar-refractivity contribution in [1.82, 2.24) is 5.32 Å². The summed E-state index contributed by atoms with van der Waals surface area (Å²) in [5, 5.41) is 2.72. The molecule has 1 fully saturated rings. The van der Waals surface area contributed by atoms with Crippen LogP contribution in [0.3, 0.4) is 0 Å². The van der Waals surface area contributed by atoms with Crippen molar-refractivity contribution in [2.24, 2.45) is 0 Å². The number of fused-ring (bicyclic) bond motifs is 3. The average Bonchev–Trinajstić information content (AvgIpc) is 3.35. The van der Waals surface area contributed by atoms with Gasteiger partial charge in [-0.2, -0.15) is 0 Å². The molecule has 0 atom stereocenters. The number of rotatable bonds is 7. The summed E-state index contributed by atoms with van der Waals surface area (Å²) in [7, 11) is -0.931. The van der Waals surface area contributed by atoms with Gasteiger partial charge in [0.2, 0.25) is 0 Å². The van der Waals surface area contributed by atoms with Crippen LogP contribution in [0.2, 0.25) is 0 Å². The molecule has 0 unspecified atom stereocenters. The fourth-order valence-corrected chi connectivity index (χ4v) is 5.17. The predicted octanol–water partition coefficient (Wildman–Crippen LogP) is 6.72. The predicted molar refractivity (Wildman–Crippen MR) is 153 cm³/mol. The SMILES string of the molecule is CC(=O)c1cc(C=C(CNC(=O)OCC2c3ccccc3-c3ccccc32)B2OC(C)(C)C(C)(C)O2)c(F)cc1F. The Bertz CT molecular complexity index is 1490. The topological polar surface area (TPSA) is 73.9 Å². The standard InChI is InChI=1S/C32H32BF2NO5/c1-19(37)26-15-20(28(34)16-29(26)35)14-21(33-40-31(2,3)32(4,5)41-33)17-36-30(38)39-18-27-24-12-8-6-10-22(24)23-11-7-9-13-25(23)27/h6-16,27H,17-18H2,1-5H3,(H,36,38). The first-order valence-corrected chi connectivity index (χ1v) is 13.5. The number of benzene rings is 3. The third-order valence-corrected chi connectivity index (χ3v) is 8.14. The Morgan fingerprint density at radius 1 is 0.927 bits per heavy atom. The zero-order valence-electron chi connectivity index (χ0n) is 23.7. The maximum absolute atomic E-state index is 14.8. The minimum Gasteiger partial charge on any atom is -0.449 e. The lowest BCUT2D eigenvalue weighted by atomic mass is 9.76. The molecule has 41 heavy (non-hydrogen) atoms.